The first-order valence-corrected chi connectivity index (χ1v) is 8.05. The van der Waals surface area contributed by atoms with Crippen LogP contribution >= 0.6 is 11.3 Å². The number of hydrogen-bond acceptors (Lipinski definition) is 5. The van der Waals surface area contributed by atoms with E-state index in [9.17, 15) is 9.59 Å². The molecule has 3 N–H and O–H groups in total. The van der Waals surface area contributed by atoms with Gasteiger partial charge in [0.15, 0.2) is 0 Å². The van der Waals surface area contributed by atoms with E-state index in [1.165, 1.54) is 23.3 Å². The van der Waals surface area contributed by atoms with Crippen LogP contribution in [0.5, 0.6) is 0 Å². The Balaban J connectivity index is 2.20. The molecule has 1 atom stereocenters. The van der Waals surface area contributed by atoms with E-state index in [4.69, 9.17) is 10.5 Å². The third-order valence-electron chi connectivity index (χ3n) is 3.61. The van der Waals surface area contributed by atoms with E-state index in [1.807, 2.05) is 13.8 Å². The molecule has 1 aliphatic carbocycles. The minimum atomic E-state index is -0.563. The molecule has 0 fully saturated rings. The molecule has 0 aliphatic heterocycles. The van der Waals surface area contributed by atoms with Crippen molar-refractivity contribution in [1.82, 2.24) is 0 Å². The molecule has 116 valence electrons. The molecule has 0 spiro atoms. The highest BCUT2D eigenvalue weighted by Crippen LogP contribution is 2.39. The van der Waals surface area contributed by atoms with Gasteiger partial charge in [0.1, 0.15) is 5.00 Å². The molecular formula is C15H22N2O3S. The average Bonchev–Trinajstić information content (AvgIpc) is 2.97. The van der Waals surface area contributed by atoms with E-state index in [-0.39, 0.29) is 11.9 Å². The summed E-state index contributed by atoms with van der Waals surface area (Å²) in [6.45, 7) is 4.04. The largest absolute Gasteiger partial charge is 0.465 e. The SMILES string of the molecule is COC(=O)c1c(NC(=O)C(N)CC(C)C)sc2c1CCC2. The first-order chi connectivity index (χ1) is 9.93. The number of methoxy groups -OCH3 is 1. The minimum Gasteiger partial charge on any atom is -0.465 e. The van der Waals surface area contributed by atoms with E-state index in [0.717, 1.165) is 24.8 Å². The number of rotatable bonds is 5. The predicted octanol–water partition coefficient (Wildman–Crippen LogP) is 2.34. The van der Waals surface area contributed by atoms with Crippen LogP contribution in [0.1, 0.15) is 47.5 Å². The Kier molecular flexibility index (Phi) is 5.00. The van der Waals surface area contributed by atoms with Gasteiger partial charge >= 0.3 is 5.97 Å². The fourth-order valence-corrected chi connectivity index (χ4v) is 3.91. The summed E-state index contributed by atoms with van der Waals surface area (Å²) in [5.41, 5.74) is 7.43. The summed E-state index contributed by atoms with van der Waals surface area (Å²) in [6.07, 6.45) is 3.48. The maximum Gasteiger partial charge on any atom is 0.341 e. The normalized spacial score (nSPS) is 14.9. The Labute approximate surface area is 128 Å². The Hall–Kier alpha value is -1.40. The van der Waals surface area contributed by atoms with E-state index in [1.54, 1.807) is 0 Å². The Morgan fingerprint density at radius 1 is 1.38 bits per heavy atom. The fraction of sp³-hybridized carbons (Fsp3) is 0.600. The van der Waals surface area contributed by atoms with Gasteiger partial charge < -0.3 is 15.8 Å². The molecule has 0 saturated heterocycles. The summed E-state index contributed by atoms with van der Waals surface area (Å²) < 4.78 is 4.85. The molecule has 0 bridgehead atoms. The second-order valence-electron chi connectivity index (χ2n) is 5.78. The summed E-state index contributed by atoms with van der Waals surface area (Å²) in [5, 5.41) is 3.39. The van der Waals surface area contributed by atoms with Crippen molar-refractivity contribution in [2.75, 3.05) is 12.4 Å². The van der Waals surface area contributed by atoms with Crippen LogP contribution in [-0.2, 0) is 22.4 Å². The predicted molar refractivity (Wildman–Crippen MR) is 83.7 cm³/mol. The summed E-state index contributed by atoms with van der Waals surface area (Å²) >= 11 is 1.47. The lowest BCUT2D eigenvalue weighted by atomic mass is 10.0. The number of nitrogens with two attached hydrogens (primary N) is 1. The maximum absolute atomic E-state index is 12.2. The highest BCUT2D eigenvalue weighted by Gasteiger charge is 2.28. The van der Waals surface area contributed by atoms with Gasteiger partial charge in [0.25, 0.3) is 0 Å². The zero-order valence-corrected chi connectivity index (χ0v) is 13.5. The lowest BCUT2D eigenvalue weighted by molar-refractivity contribution is -0.117. The monoisotopic (exact) mass is 310 g/mol. The van der Waals surface area contributed by atoms with Crippen LogP contribution < -0.4 is 11.1 Å². The highest BCUT2D eigenvalue weighted by atomic mass is 32.1. The summed E-state index contributed by atoms with van der Waals surface area (Å²) in [6, 6.07) is -0.563. The second-order valence-corrected chi connectivity index (χ2v) is 6.88. The van der Waals surface area contributed by atoms with Gasteiger partial charge in [0, 0.05) is 4.88 Å². The van der Waals surface area contributed by atoms with Gasteiger partial charge in [-0.3, -0.25) is 4.79 Å². The number of nitrogens with one attached hydrogen (secondary N) is 1. The molecule has 0 saturated carbocycles. The van der Waals surface area contributed by atoms with Gasteiger partial charge in [-0.2, -0.15) is 0 Å². The Morgan fingerprint density at radius 3 is 2.71 bits per heavy atom. The van der Waals surface area contributed by atoms with Crippen LogP contribution in [-0.4, -0.2) is 25.0 Å². The number of amides is 1. The minimum absolute atomic E-state index is 0.242. The first kappa shape index (κ1) is 16.0. The quantitative estimate of drug-likeness (QED) is 0.818. The smallest absolute Gasteiger partial charge is 0.341 e. The molecule has 21 heavy (non-hydrogen) atoms. The maximum atomic E-state index is 12.2. The number of carbonyl (C=O) groups excluding carboxylic acids is 2. The summed E-state index contributed by atoms with van der Waals surface area (Å²) in [7, 11) is 1.36. The molecule has 2 rings (SSSR count). The van der Waals surface area contributed by atoms with Crippen molar-refractivity contribution < 1.29 is 14.3 Å². The van der Waals surface area contributed by atoms with Crippen molar-refractivity contribution >= 4 is 28.2 Å². The van der Waals surface area contributed by atoms with Crippen LogP contribution in [0, 0.1) is 5.92 Å². The molecule has 1 aromatic rings. The topological polar surface area (TPSA) is 81.4 Å². The van der Waals surface area contributed by atoms with E-state index < -0.39 is 6.04 Å². The molecule has 1 unspecified atom stereocenters. The van der Waals surface area contributed by atoms with E-state index in [0.29, 0.717) is 22.9 Å². The number of esters is 1. The van der Waals surface area contributed by atoms with Gasteiger partial charge in [-0.25, -0.2) is 4.79 Å². The van der Waals surface area contributed by atoms with E-state index in [2.05, 4.69) is 5.32 Å². The molecule has 1 heterocycles. The number of carbonyl (C=O) groups is 2. The molecule has 6 heteroatoms. The zero-order valence-electron chi connectivity index (χ0n) is 12.7. The second kappa shape index (κ2) is 6.58. The molecule has 1 aromatic heterocycles. The number of aryl methyl sites for hydroxylation is 1. The molecular weight excluding hydrogens is 288 g/mol. The molecule has 0 radical (unpaired) electrons. The number of ether oxygens (including phenoxy) is 1. The molecule has 1 amide bonds. The van der Waals surface area contributed by atoms with Crippen molar-refractivity contribution in [3.8, 4) is 0 Å². The lowest BCUT2D eigenvalue weighted by Gasteiger charge is -2.14. The Morgan fingerprint density at radius 2 is 2.10 bits per heavy atom. The molecule has 5 nitrogen and oxygen atoms in total. The standard InChI is InChI=1S/C15H22N2O3S/c1-8(2)7-10(16)13(18)17-14-12(15(19)20-3)9-5-4-6-11(9)21-14/h8,10H,4-7,16H2,1-3H3,(H,17,18). The van der Waals surface area contributed by atoms with Gasteiger partial charge in [0.05, 0.1) is 18.7 Å². The van der Waals surface area contributed by atoms with Gasteiger partial charge in [-0.15, -0.1) is 11.3 Å². The number of fused-ring (bicyclic) bond motifs is 1. The average molecular weight is 310 g/mol. The highest BCUT2D eigenvalue weighted by molar-refractivity contribution is 7.17. The lowest BCUT2D eigenvalue weighted by Crippen LogP contribution is -2.36. The van der Waals surface area contributed by atoms with Crippen LogP contribution in [0.4, 0.5) is 5.00 Å². The number of thiophene rings is 1. The van der Waals surface area contributed by atoms with Crippen molar-refractivity contribution in [2.45, 2.75) is 45.6 Å². The first-order valence-electron chi connectivity index (χ1n) is 7.23. The number of hydrogen-bond donors (Lipinski definition) is 2. The van der Waals surface area contributed by atoms with Crippen LogP contribution in [0.25, 0.3) is 0 Å². The van der Waals surface area contributed by atoms with Crippen molar-refractivity contribution in [2.24, 2.45) is 11.7 Å². The van der Waals surface area contributed by atoms with Crippen molar-refractivity contribution in [1.29, 1.82) is 0 Å². The van der Waals surface area contributed by atoms with Crippen molar-refractivity contribution in [3.05, 3.63) is 16.0 Å². The zero-order chi connectivity index (χ0) is 15.6. The van der Waals surface area contributed by atoms with Crippen LogP contribution in [0.2, 0.25) is 0 Å². The molecule has 0 aromatic carbocycles. The fourth-order valence-electron chi connectivity index (χ4n) is 2.63. The third kappa shape index (κ3) is 3.44. The van der Waals surface area contributed by atoms with Crippen LogP contribution in [0.15, 0.2) is 0 Å². The summed E-state index contributed by atoms with van der Waals surface area (Å²) in [5.74, 6) is -0.282. The number of anilines is 1. The van der Waals surface area contributed by atoms with E-state index >= 15 is 0 Å². The molecule has 1 aliphatic rings. The van der Waals surface area contributed by atoms with Gasteiger partial charge in [0.2, 0.25) is 5.91 Å². The van der Waals surface area contributed by atoms with Crippen molar-refractivity contribution in [3.63, 3.8) is 0 Å². The Bertz CT molecular complexity index is 551. The van der Waals surface area contributed by atoms with Gasteiger partial charge in [-0.1, -0.05) is 13.8 Å². The summed E-state index contributed by atoms with van der Waals surface area (Å²) in [4.78, 5) is 25.3. The van der Waals surface area contributed by atoms with Gasteiger partial charge in [-0.05, 0) is 37.2 Å². The third-order valence-corrected chi connectivity index (χ3v) is 4.82. The van der Waals surface area contributed by atoms with Crippen LogP contribution in [0.3, 0.4) is 0 Å².